The molecule has 0 radical (unpaired) electrons. The second-order valence-corrected chi connectivity index (χ2v) is 5.56. The molecule has 0 bridgehead atoms. The number of alkyl halides is 3. The fraction of sp³-hybridized carbons (Fsp3) is 0.278. The van der Waals surface area contributed by atoms with Crippen molar-refractivity contribution < 1.29 is 22.7 Å². The van der Waals surface area contributed by atoms with E-state index >= 15 is 0 Å². The van der Waals surface area contributed by atoms with E-state index in [9.17, 15) is 18.0 Å². The lowest BCUT2D eigenvalue weighted by Crippen LogP contribution is -2.16. The maximum absolute atomic E-state index is 12.9. The van der Waals surface area contributed by atoms with Crippen LogP contribution in [-0.2, 0) is 17.4 Å². The number of ether oxygens (including phenoxy) is 1. The smallest absolute Gasteiger partial charge is 0.416 e. The second-order valence-electron chi connectivity index (χ2n) is 5.56. The first-order valence-corrected chi connectivity index (χ1v) is 7.32. The molecule has 0 aliphatic carbocycles. The quantitative estimate of drug-likeness (QED) is 0.891. The Kier molecular flexibility index (Phi) is 5.17. The number of benzene rings is 2. The minimum atomic E-state index is -4.45. The molecule has 0 unspecified atom stereocenters. The Bertz CT molecular complexity index is 754. The van der Waals surface area contributed by atoms with Gasteiger partial charge in [0.05, 0.1) is 19.1 Å². The molecule has 0 aliphatic rings. The predicted octanol–water partition coefficient (Wildman–Crippen LogP) is 4.51. The van der Waals surface area contributed by atoms with Crippen molar-refractivity contribution in [3.8, 4) is 5.75 Å². The molecular formula is C18H18F3NO2. The zero-order valence-electron chi connectivity index (χ0n) is 13.6. The van der Waals surface area contributed by atoms with Gasteiger partial charge in [0.2, 0.25) is 5.91 Å². The molecule has 0 fully saturated rings. The van der Waals surface area contributed by atoms with Gasteiger partial charge in [0, 0.05) is 5.69 Å². The highest BCUT2D eigenvalue weighted by Gasteiger charge is 2.32. The third kappa shape index (κ3) is 4.28. The molecular weight excluding hydrogens is 319 g/mol. The first-order chi connectivity index (χ1) is 11.2. The van der Waals surface area contributed by atoms with Gasteiger partial charge in [-0.25, -0.2) is 0 Å². The van der Waals surface area contributed by atoms with E-state index in [1.54, 1.807) is 12.1 Å². The summed E-state index contributed by atoms with van der Waals surface area (Å²) >= 11 is 0. The van der Waals surface area contributed by atoms with E-state index in [4.69, 9.17) is 4.74 Å². The molecule has 2 rings (SSSR count). The molecule has 2 aromatic rings. The van der Waals surface area contributed by atoms with E-state index in [1.165, 1.54) is 26.2 Å². The van der Waals surface area contributed by atoms with E-state index in [2.05, 4.69) is 5.32 Å². The number of aryl methyl sites for hydroxylation is 2. The summed E-state index contributed by atoms with van der Waals surface area (Å²) in [6.07, 6.45) is -4.40. The van der Waals surface area contributed by atoms with E-state index in [0.29, 0.717) is 5.75 Å². The summed E-state index contributed by atoms with van der Waals surface area (Å²) in [7, 11) is 1.54. The van der Waals surface area contributed by atoms with Crippen LogP contribution in [-0.4, -0.2) is 13.0 Å². The summed E-state index contributed by atoms with van der Waals surface area (Å²) in [6.45, 7) is 3.26. The highest BCUT2D eigenvalue weighted by molar-refractivity contribution is 5.92. The minimum absolute atomic E-state index is 0.0475. The van der Waals surface area contributed by atoms with Gasteiger partial charge in [-0.2, -0.15) is 13.2 Å². The Morgan fingerprint density at radius 1 is 1.08 bits per heavy atom. The van der Waals surface area contributed by atoms with Crippen LogP contribution in [0.3, 0.4) is 0 Å². The molecule has 0 heterocycles. The highest BCUT2D eigenvalue weighted by atomic mass is 19.4. The predicted molar refractivity (Wildman–Crippen MR) is 86.2 cm³/mol. The summed E-state index contributed by atoms with van der Waals surface area (Å²) in [5.41, 5.74) is 1.14. The molecule has 0 spiro atoms. The van der Waals surface area contributed by atoms with Gasteiger partial charge in [0.25, 0.3) is 0 Å². The van der Waals surface area contributed by atoms with Gasteiger partial charge in [-0.05, 0) is 48.7 Å². The minimum Gasteiger partial charge on any atom is -0.496 e. The van der Waals surface area contributed by atoms with Crippen LogP contribution in [0.2, 0.25) is 0 Å². The third-order valence-corrected chi connectivity index (χ3v) is 3.66. The number of nitrogens with one attached hydrogen (secondary N) is 1. The normalized spacial score (nSPS) is 11.2. The molecule has 6 heteroatoms. The molecule has 128 valence electrons. The van der Waals surface area contributed by atoms with Gasteiger partial charge >= 0.3 is 6.18 Å². The van der Waals surface area contributed by atoms with Crippen molar-refractivity contribution in [2.24, 2.45) is 0 Å². The maximum Gasteiger partial charge on any atom is 0.416 e. The molecule has 1 N–H and O–H groups in total. The van der Waals surface area contributed by atoms with Gasteiger partial charge < -0.3 is 10.1 Å². The van der Waals surface area contributed by atoms with Crippen LogP contribution in [0.1, 0.15) is 22.3 Å². The van der Waals surface area contributed by atoms with Crippen molar-refractivity contribution in [3.63, 3.8) is 0 Å². The Hall–Kier alpha value is -2.50. The number of carbonyl (C=O) groups is 1. The topological polar surface area (TPSA) is 38.3 Å². The average Bonchev–Trinajstić information content (AvgIpc) is 2.50. The number of rotatable bonds is 4. The fourth-order valence-corrected chi connectivity index (χ4v) is 2.37. The Morgan fingerprint density at radius 3 is 2.38 bits per heavy atom. The molecule has 0 atom stereocenters. The second kappa shape index (κ2) is 6.95. The first-order valence-electron chi connectivity index (χ1n) is 7.32. The number of halogens is 3. The Morgan fingerprint density at radius 2 is 1.75 bits per heavy atom. The van der Waals surface area contributed by atoms with Crippen molar-refractivity contribution >= 4 is 11.6 Å². The summed E-state index contributed by atoms with van der Waals surface area (Å²) in [5, 5.41) is 2.50. The number of carbonyl (C=O) groups excluding carboxylic acids is 1. The van der Waals surface area contributed by atoms with Crippen LogP contribution in [0.15, 0.2) is 36.4 Å². The molecule has 0 saturated heterocycles. The molecule has 3 nitrogen and oxygen atoms in total. The van der Waals surface area contributed by atoms with Gasteiger partial charge in [-0.3, -0.25) is 4.79 Å². The fourth-order valence-electron chi connectivity index (χ4n) is 2.37. The number of anilines is 1. The van der Waals surface area contributed by atoms with E-state index < -0.39 is 17.6 Å². The largest absolute Gasteiger partial charge is 0.496 e. The van der Waals surface area contributed by atoms with Crippen LogP contribution >= 0.6 is 0 Å². The molecule has 1 amide bonds. The Labute approximate surface area is 138 Å². The lowest BCUT2D eigenvalue weighted by Gasteiger charge is -2.13. The highest BCUT2D eigenvalue weighted by Crippen LogP contribution is 2.33. The maximum atomic E-state index is 12.9. The van der Waals surface area contributed by atoms with Crippen LogP contribution in [0.25, 0.3) is 0 Å². The summed E-state index contributed by atoms with van der Waals surface area (Å²) < 4.78 is 43.9. The van der Waals surface area contributed by atoms with Crippen LogP contribution < -0.4 is 10.1 Å². The lowest BCUT2D eigenvalue weighted by atomic mass is 10.1. The zero-order valence-corrected chi connectivity index (χ0v) is 13.6. The van der Waals surface area contributed by atoms with Gasteiger partial charge in [0.1, 0.15) is 5.75 Å². The van der Waals surface area contributed by atoms with E-state index in [1.807, 2.05) is 13.0 Å². The summed E-state index contributed by atoms with van der Waals surface area (Å²) in [4.78, 5) is 12.1. The monoisotopic (exact) mass is 337 g/mol. The number of hydrogen-bond donors (Lipinski definition) is 1. The molecule has 0 aliphatic heterocycles. The average molecular weight is 337 g/mol. The van der Waals surface area contributed by atoms with Crippen LogP contribution in [0.5, 0.6) is 5.75 Å². The van der Waals surface area contributed by atoms with Crippen molar-refractivity contribution in [2.45, 2.75) is 26.4 Å². The first kappa shape index (κ1) is 17.8. The Balaban J connectivity index is 2.13. The molecule has 0 aromatic heterocycles. The summed E-state index contributed by atoms with van der Waals surface area (Å²) in [6, 6.07) is 9.10. The SMILES string of the molecule is COc1cc(CC(=O)Nc2ccc(C)c(C(F)(F)F)c2)ccc1C. The molecule has 0 saturated carbocycles. The van der Waals surface area contributed by atoms with E-state index in [0.717, 1.165) is 17.2 Å². The molecule has 24 heavy (non-hydrogen) atoms. The lowest BCUT2D eigenvalue weighted by molar-refractivity contribution is -0.138. The van der Waals surface area contributed by atoms with Crippen molar-refractivity contribution in [1.82, 2.24) is 0 Å². The zero-order chi connectivity index (χ0) is 17.9. The number of methoxy groups -OCH3 is 1. The van der Waals surface area contributed by atoms with E-state index in [-0.39, 0.29) is 17.7 Å². The van der Waals surface area contributed by atoms with Crippen molar-refractivity contribution in [1.29, 1.82) is 0 Å². The standard InChI is InChI=1S/C18H18F3NO2/c1-11-5-7-14(10-15(11)18(19,20)21)22-17(23)9-13-6-4-12(2)16(8-13)24-3/h4-8,10H,9H2,1-3H3,(H,22,23). The number of hydrogen-bond acceptors (Lipinski definition) is 2. The number of amides is 1. The van der Waals surface area contributed by atoms with Crippen molar-refractivity contribution in [3.05, 3.63) is 58.7 Å². The van der Waals surface area contributed by atoms with Gasteiger partial charge in [0.15, 0.2) is 0 Å². The third-order valence-electron chi connectivity index (χ3n) is 3.66. The van der Waals surface area contributed by atoms with Gasteiger partial charge in [-0.15, -0.1) is 0 Å². The van der Waals surface area contributed by atoms with Crippen molar-refractivity contribution in [2.75, 3.05) is 12.4 Å². The summed E-state index contributed by atoms with van der Waals surface area (Å²) in [5.74, 6) is 0.271. The van der Waals surface area contributed by atoms with Crippen LogP contribution in [0, 0.1) is 13.8 Å². The molecule has 2 aromatic carbocycles. The van der Waals surface area contributed by atoms with Crippen LogP contribution in [0.4, 0.5) is 18.9 Å². The van der Waals surface area contributed by atoms with Gasteiger partial charge in [-0.1, -0.05) is 18.2 Å².